The van der Waals surface area contributed by atoms with E-state index in [0.717, 1.165) is 11.1 Å². The number of hydrogen-bond acceptors (Lipinski definition) is 9. The van der Waals surface area contributed by atoms with Crippen molar-refractivity contribution in [3.05, 3.63) is 46.8 Å². The summed E-state index contributed by atoms with van der Waals surface area (Å²) < 4.78 is 6.10. The van der Waals surface area contributed by atoms with Crippen LogP contribution in [0.3, 0.4) is 0 Å². The van der Waals surface area contributed by atoms with Gasteiger partial charge in [0.25, 0.3) is 0 Å². The molecule has 23 heavy (non-hydrogen) atoms. The molecule has 1 aromatic carbocycles. The molecule has 0 atom stereocenters. The average molecular weight is 314 g/mol. The first-order valence-corrected chi connectivity index (χ1v) is 6.77. The highest BCUT2D eigenvalue weighted by atomic mass is 16.6. The van der Waals surface area contributed by atoms with Crippen molar-refractivity contribution in [1.29, 1.82) is 0 Å². The molecule has 0 fully saturated rings. The van der Waals surface area contributed by atoms with Gasteiger partial charge in [0, 0.05) is 6.42 Å². The second kappa shape index (κ2) is 6.22. The second-order valence-electron chi connectivity index (χ2n) is 4.97. The van der Waals surface area contributed by atoms with Gasteiger partial charge in [-0.3, -0.25) is 0 Å². The first-order valence-electron chi connectivity index (χ1n) is 6.77. The fraction of sp³-hybridized carbons (Fsp3) is 0.231. The Morgan fingerprint density at radius 2 is 2.26 bits per heavy atom. The number of hydrogen-bond donors (Lipinski definition) is 2. The van der Waals surface area contributed by atoms with E-state index in [1.807, 2.05) is 31.2 Å². The van der Waals surface area contributed by atoms with Crippen molar-refractivity contribution in [1.82, 2.24) is 30.5 Å². The van der Waals surface area contributed by atoms with E-state index in [0.29, 0.717) is 23.5 Å². The van der Waals surface area contributed by atoms with E-state index >= 15 is 0 Å². The van der Waals surface area contributed by atoms with E-state index in [9.17, 15) is 5.21 Å². The number of benzene rings is 1. The van der Waals surface area contributed by atoms with Crippen LogP contribution in [0.25, 0.3) is 0 Å². The van der Waals surface area contributed by atoms with Crippen molar-refractivity contribution in [3.63, 3.8) is 0 Å². The van der Waals surface area contributed by atoms with Crippen LogP contribution in [0.4, 0.5) is 5.95 Å². The third kappa shape index (κ3) is 3.15. The summed E-state index contributed by atoms with van der Waals surface area (Å²) in [6.07, 6.45) is 0.379. The number of tetrazole rings is 1. The molecule has 2 aromatic heterocycles. The Labute approximate surface area is 130 Å². The van der Waals surface area contributed by atoms with Crippen molar-refractivity contribution in [2.24, 2.45) is 5.16 Å². The second-order valence-corrected chi connectivity index (χ2v) is 4.97. The lowest BCUT2D eigenvalue weighted by Crippen LogP contribution is -2.13. The molecule has 3 rings (SSSR count). The zero-order chi connectivity index (χ0) is 16.2. The van der Waals surface area contributed by atoms with E-state index in [2.05, 4.69) is 31.0 Å². The van der Waals surface area contributed by atoms with Gasteiger partial charge in [-0.2, -0.15) is 0 Å². The van der Waals surface area contributed by atoms with Gasteiger partial charge in [-0.05, 0) is 28.1 Å². The van der Waals surface area contributed by atoms with Crippen LogP contribution in [0.2, 0.25) is 0 Å². The quantitative estimate of drug-likeness (QED) is 0.392. The molecule has 0 amide bonds. The van der Waals surface area contributed by atoms with Gasteiger partial charge in [-0.25, -0.2) is 9.31 Å². The van der Waals surface area contributed by atoms with Crippen molar-refractivity contribution in [2.75, 3.05) is 5.73 Å². The molecule has 0 saturated carbocycles. The van der Waals surface area contributed by atoms with Gasteiger partial charge in [0.2, 0.25) is 5.95 Å². The standard InChI is InChI=1S/C13H14N8O2/c1-8-3-2-4-9(5-8)6-10(16-22)12-11(17-23-18-12)7-21-13(14)15-19-20-21/h2-5,22H,6-7H2,1H3,(H2,14,15,20). The Hall–Kier alpha value is -3.30. The van der Waals surface area contributed by atoms with Crippen LogP contribution >= 0.6 is 0 Å². The highest BCUT2D eigenvalue weighted by molar-refractivity contribution is 6.00. The molecule has 0 aliphatic rings. The molecule has 0 radical (unpaired) electrons. The third-order valence-electron chi connectivity index (χ3n) is 3.26. The maximum Gasteiger partial charge on any atom is 0.240 e. The minimum atomic E-state index is 0.139. The Morgan fingerprint density at radius 3 is 2.96 bits per heavy atom. The van der Waals surface area contributed by atoms with Crippen LogP contribution in [0.5, 0.6) is 0 Å². The number of oxime groups is 1. The number of aromatic nitrogens is 6. The molecule has 0 aliphatic heterocycles. The molecule has 0 bridgehead atoms. The summed E-state index contributed by atoms with van der Waals surface area (Å²) in [6, 6.07) is 7.86. The maximum atomic E-state index is 9.34. The van der Waals surface area contributed by atoms with Gasteiger partial charge in [-0.1, -0.05) is 45.2 Å². The maximum absolute atomic E-state index is 9.34. The van der Waals surface area contributed by atoms with E-state index in [1.54, 1.807) is 0 Å². The molecule has 10 heteroatoms. The lowest BCUT2D eigenvalue weighted by atomic mass is 10.0. The molecule has 0 saturated heterocycles. The molecule has 2 heterocycles. The molecule has 3 N–H and O–H groups in total. The zero-order valence-electron chi connectivity index (χ0n) is 12.3. The topological polar surface area (TPSA) is 141 Å². The van der Waals surface area contributed by atoms with Gasteiger partial charge >= 0.3 is 0 Å². The molecule has 118 valence electrons. The molecular formula is C13H14N8O2. The predicted octanol–water partition coefficient (Wildman–Crippen LogP) is 0.416. The summed E-state index contributed by atoms with van der Waals surface area (Å²) in [5, 5.41) is 31.1. The van der Waals surface area contributed by atoms with E-state index in [4.69, 9.17) is 10.4 Å². The van der Waals surface area contributed by atoms with E-state index in [1.165, 1.54) is 4.68 Å². The summed E-state index contributed by atoms with van der Waals surface area (Å²) in [7, 11) is 0. The number of aryl methyl sites for hydroxylation is 1. The summed E-state index contributed by atoms with van der Waals surface area (Å²) >= 11 is 0. The van der Waals surface area contributed by atoms with Crippen LogP contribution in [0, 0.1) is 6.92 Å². The van der Waals surface area contributed by atoms with Crippen molar-refractivity contribution in [2.45, 2.75) is 19.9 Å². The summed E-state index contributed by atoms with van der Waals surface area (Å²) in [4.78, 5) is 0. The SMILES string of the molecule is Cc1cccc(CC(=NO)c2nonc2Cn2nnnc2N)c1. The molecule has 10 nitrogen and oxygen atoms in total. The smallest absolute Gasteiger partial charge is 0.240 e. The van der Waals surface area contributed by atoms with Gasteiger partial charge in [0.1, 0.15) is 11.4 Å². The predicted molar refractivity (Wildman–Crippen MR) is 78.8 cm³/mol. The molecule has 0 unspecified atom stereocenters. The molecule has 3 aromatic rings. The molecule has 0 aliphatic carbocycles. The van der Waals surface area contributed by atoms with Crippen molar-refractivity contribution < 1.29 is 9.84 Å². The number of rotatable bonds is 5. The Morgan fingerprint density at radius 1 is 1.39 bits per heavy atom. The minimum absolute atomic E-state index is 0.139. The summed E-state index contributed by atoms with van der Waals surface area (Å²) in [5.41, 5.74) is 8.81. The number of anilines is 1. The highest BCUT2D eigenvalue weighted by Crippen LogP contribution is 2.13. The summed E-state index contributed by atoms with van der Waals surface area (Å²) in [6.45, 7) is 2.15. The molecule has 0 spiro atoms. The average Bonchev–Trinajstić information content (AvgIpc) is 3.15. The third-order valence-corrected chi connectivity index (χ3v) is 3.26. The lowest BCUT2D eigenvalue weighted by Gasteiger charge is -2.04. The number of nitrogens with zero attached hydrogens (tertiary/aromatic N) is 7. The lowest BCUT2D eigenvalue weighted by molar-refractivity contribution is 0.299. The number of nitrogen functional groups attached to an aromatic ring is 1. The van der Waals surface area contributed by atoms with Gasteiger partial charge in [0.05, 0.1) is 6.54 Å². The molecular weight excluding hydrogens is 300 g/mol. The van der Waals surface area contributed by atoms with Gasteiger partial charge in [0.15, 0.2) is 5.69 Å². The summed E-state index contributed by atoms with van der Waals surface area (Å²) in [5.74, 6) is 0.139. The number of nitrogens with two attached hydrogens (primary N) is 1. The van der Waals surface area contributed by atoms with E-state index < -0.39 is 0 Å². The fourth-order valence-electron chi connectivity index (χ4n) is 2.18. The van der Waals surface area contributed by atoms with Crippen LogP contribution in [-0.4, -0.2) is 41.4 Å². The van der Waals surface area contributed by atoms with Crippen LogP contribution < -0.4 is 5.73 Å². The van der Waals surface area contributed by atoms with Gasteiger partial charge < -0.3 is 10.9 Å². The van der Waals surface area contributed by atoms with Crippen molar-refractivity contribution >= 4 is 11.7 Å². The highest BCUT2D eigenvalue weighted by Gasteiger charge is 2.19. The largest absolute Gasteiger partial charge is 0.411 e. The fourth-order valence-corrected chi connectivity index (χ4v) is 2.18. The van der Waals surface area contributed by atoms with Crippen LogP contribution in [-0.2, 0) is 13.0 Å². The van der Waals surface area contributed by atoms with E-state index in [-0.39, 0.29) is 12.5 Å². The zero-order valence-corrected chi connectivity index (χ0v) is 12.3. The minimum Gasteiger partial charge on any atom is -0.411 e. The normalized spacial score (nSPS) is 11.8. The Balaban J connectivity index is 1.85. The monoisotopic (exact) mass is 314 g/mol. The Bertz CT molecular complexity index is 838. The first kappa shape index (κ1) is 14.6. The van der Waals surface area contributed by atoms with Crippen LogP contribution in [0.1, 0.15) is 22.5 Å². The van der Waals surface area contributed by atoms with Crippen molar-refractivity contribution in [3.8, 4) is 0 Å². The Kier molecular flexibility index (Phi) is 3.95. The van der Waals surface area contributed by atoms with Crippen LogP contribution in [0.15, 0.2) is 34.1 Å². The first-order chi connectivity index (χ1) is 11.2. The van der Waals surface area contributed by atoms with Gasteiger partial charge in [-0.15, -0.1) is 0 Å².